The summed E-state index contributed by atoms with van der Waals surface area (Å²) in [6, 6.07) is 0.881. The highest BCUT2D eigenvalue weighted by molar-refractivity contribution is 5.68. The van der Waals surface area contributed by atoms with Crippen LogP contribution in [0.3, 0.4) is 0 Å². The number of piperazine rings is 1. The van der Waals surface area contributed by atoms with E-state index in [1.54, 1.807) is 0 Å². The minimum absolute atomic E-state index is 0.189. The van der Waals surface area contributed by atoms with Gasteiger partial charge in [-0.1, -0.05) is 25.7 Å². The summed E-state index contributed by atoms with van der Waals surface area (Å²) < 4.78 is 17.4. The van der Waals surface area contributed by atoms with Crippen molar-refractivity contribution in [2.75, 3.05) is 19.7 Å². The molecule has 6 heteroatoms. The van der Waals surface area contributed by atoms with Gasteiger partial charge in [0.15, 0.2) is 6.29 Å². The molecule has 1 aliphatic carbocycles. The number of hydrogen-bond acceptors (Lipinski definition) is 5. The van der Waals surface area contributed by atoms with Gasteiger partial charge in [-0.2, -0.15) is 0 Å². The van der Waals surface area contributed by atoms with Crippen LogP contribution in [0.1, 0.15) is 51.4 Å². The SMILES string of the molecule is O=C(OCC1O[C@H]2CCCCCC[C@H]2O1)N1CC2CCC(C1)N2. The fourth-order valence-corrected chi connectivity index (χ4v) is 4.40. The maximum absolute atomic E-state index is 12.3. The minimum atomic E-state index is -0.383. The minimum Gasteiger partial charge on any atom is -0.444 e. The van der Waals surface area contributed by atoms with Crippen LogP contribution in [-0.2, 0) is 14.2 Å². The maximum atomic E-state index is 12.3. The van der Waals surface area contributed by atoms with Crippen molar-refractivity contribution in [2.45, 2.75) is 81.9 Å². The highest BCUT2D eigenvalue weighted by Gasteiger charge is 2.38. The molecule has 1 amide bonds. The van der Waals surface area contributed by atoms with E-state index in [1.807, 2.05) is 4.90 Å². The smallest absolute Gasteiger partial charge is 0.410 e. The Labute approximate surface area is 137 Å². The van der Waals surface area contributed by atoms with E-state index in [4.69, 9.17) is 14.2 Å². The van der Waals surface area contributed by atoms with Gasteiger partial charge in [0.1, 0.15) is 6.61 Å². The zero-order valence-corrected chi connectivity index (χ0v) is 13.7. The van der Waals surface area contributed by atoms with Crippen LogP contribution in [0, 0.1) is 0 Å². The van der Waals surface area contributed by atoms with Crippen molar-refractivity contribution in [1.29, 1.82) is 0 Å². The van der Waals surface area contributed by atoms with Crippen molar-refractivity contribution < 1.29 is 19.0 Å². The monoisotopic (exact) mass is 324 g/mol. The van der Waals surface area contributed by atoms with Crippen LogP contribution >= 0.6 is 0 Å². The van der Waals surface area contributed by atoms with Gasteiger partial charge in [-0.25, -0.2) is 4.79 Å². The third-order valence-corrected chi connectivity index (χ3v) is 5.61. The second kappa shape index (κ2) is 6.95. The Morgan fingerprint density at radius 2 is 1.57 bits per heavy atom. The molecule has 4 rings (SSSR count). The Bertz CT molecular complexity index is 405. The highest BCUT2D eigenvalue weighted by atomic mass is 16.7. The average molecular weight is 324 g/mol. The number of carbonyl (C=O) groups excluding carboxylic acids is 1. The molecule has 0 aromatic carbocycles. The summed E-state index contributed by atoms with van der Waals surface area (Å²) in [5.74, 6) is 0. The van der Waals surface area contributed by atoms with Crippen molar-refractivity contribution >= 4 is 6.09 Å². The van der Waals surface area contributed by atoms with Gasteiger partial charge in [0, 0.05) is 25.2 Å². The average Bonchev–Trinajstić information content (AvgIpc) is 3.07. The van der Waals surface area contributed by atoms with Crippen LogP contribution < -0.4 is 5.32 Å². The van der Waals surface area contributed by atoms with Crippen molar-refractivity contribution in [3.8, 4) is 0 Å². The lowest BCUT2D eigenvalue weighted by molar-refractivity contribution is -0.101. The molecular weight excluding hydrogens is 296 g/mol. The molecule has 3 saturated heterocycles. The molecule has 0 radical (unpaired) electrons. The molecule has 4 aliphatic rings. The molecule has 3 aliphatic heterocycles. The van der Waals surface area contributed by atoms with Crippen molar-refractivity contribution in [2.24, 2.45) is 0 Å². The summed E-state index contributed by atoms with van der Waals surface area (Å²) in [5, 5.41) is 3.52. The summed E-state index contributed by atoms with van der Waals surface area (Å²) in [7, 11) is 0. The fourth-order valence-electron chi connectivity index (χ4n) is 4.40. The molecule has 5 atom stereocenters. The van der Waals surface area contributed by atoms with Gasteiger partial charge < -0.3 is 24.4 Å². The van der Waals surface area contributed by atoms with E-state index in [0.29, 0.717) is 12.1 Å². The number of likely N-dealkylation sites (tertiary alicyclic amines) is 1. The first-order valence-corrected chi connectivity index (χ1v) is 9.26. The molecule has 0 aromatic rings. The third kappa shape index (κ3) is 3.64. The summed E-state index contributed by atoms with van der Waals surface area (Å²) in [5.41, 5.74) is 0. The van der Waals surface area contributed by atoms with Gasteiger partial charge in [0.25, 0.3) is 0 Å². The first-order valence-electron chi connectivity index (χ1n) is 9.26. The number of amides is 1. The lowest BCUT2D eigenvalue weighted by Gasteiger charge is -2.32. The third-order valence-electron chi connectivity index (χ3n) is 5.61. The van der Waals surface area contributed by atoms with Crippen LogP contribution in [0.4, 0.5) is 4.79 Å². The normalized spacial score (nSPS) is 40.3. The van der Waals surface area contributed by atoms with E-state index in [0.717, 1.165) is 38.8 Å². The molecule has 0 aromatic heterocycles. The number of hydrogen-bond donors (Lipinski definition) is 1. The number of fused-ring (bicyclic) bond motifs is 3. The topological polar surface area (TPSA) is 60.0 Å². The summed E-state index contributed by atoms with van der Waals surface area (Å²) >= 11 is 0. The standard InChI is InChI=1S/C17H28N2O4/c20-17(19-9-12-7-8-13(10-19)18-12)21-11-16-22-14-5-3-1-2-4-6-15(14)23-16/h12-16,18H,1-11H2/t12?,13?,14-,15+,16?. The molecule has 3 unspecified atom stereocenters. The van der Waals surface area contributed by atoms with Gasteiger partial charge >= 0.3 is 6.09 Å². The number of rotatable bonds is 2. The van der Waals surface area contributed by atoms with Gasteiger partial charge in [-0.15, -0.1) is 0 Å². The summed E-state index contributed by atoms with van der Waals surface area (Å²) in [6.07, 6.45) is 9.22. The zero-order valence-electron chi connectivity index (χ0n) is 13.7. The molecular formula is C17H28N2O4. The van der Waals surface area contributed by atoms with Crippen molar-refractivity contribution in [3.05, 3.63) is 0 Å². The van der Waals surface area contributed by atoms with Gasteiger partial charge in [0.05, 0.1) is 12.2 Å². The van der Waals surface area contributed by atoms with Crippen LogP contribution in [0.25, 0.3) is 0 Å². The highest BCUT2D eigenvalue weighted by Crippen LogP contribution is 2.30. The number of nitrogens with zero attached hydrogens (tertiary/aromatic N) is 1. The molecule has 4 fully saturated rings. The second-order valence-corrected chi connectivity index (χ2v) is 7.39. The maximum Gasteiger partial charge on any atom is 0.410 e. The molecule has 0 spiro atoms. The zero-order chi connectivity index (χ0) is 15.6. The largest absolute Gasteiger partial charge is 0.444 e. The van der Waals surface area contributed by atoms with Gasteiger partial charge in [-0.05, 0) is 25.7 Å². The van der Waals surface area contributed by atoms with E-state index in [2.05, 4.69) is 5.32 Å². The number of nitrogens with one attached hydrogen (secondary N) is 1. The number of ether oxygens (including phenoxy) is 3. The Morgan fingerprint density at radius 3 is 2.17 bits per heavy atom. The molecule has 130 valence electrons. The van der Waals surface area contributed by atoms with Gasteiger partial charge in [-0.3, -0.25) is 0 Å². The molecule has 6 nitrogen and oxygen atoms in total. The van der Waals surface area contributed by atoms with Crippen LogP contribution in [-0.4, -0.2) is 61.3 Å². The van der Waals surface area contributed by atoms with Crippen LogP contribution in [0.15, 0.2) is 0 Å². The van der Waals surface area contributed by atoms with E-state index < -0.39 is 0 Å². The quantitative estimate of drug-likeness (QED) is 0.842. The Morgan fingerprint density at radius 1 is 0.957 bits per heavy atom. The Kier molecular flexibility index (Phi) is 4.73. The summed E-state index contributed by atoms with van der Waals surface area (Å²) in [4.78, 5) is 14.1. The van der Waals surface area contributed by atoms with Crippen LogP contribution in [0.5, 0.6) is 0 Å². The van der Waals surface area contributed by atoms with Gasteiger partial charge in [0.2, 0.25) is 0 Å². The Balaban J connectivity index is 1.24. The first kappa shape index (κ1) is 15.7. The second-order valence-electron chi connectivity index (χ2n) is 7.39. The molecule has 23 heavy (non-hydrogen) atoms. The first-order chi connectivity index (χ1) is 11.3. The lowest BCUT2D eigenvalue weighted by Crippen LogP contribution is -2.53. The van der Waals surface area contributed by atoms with E-state index in [1.165, 1.54) is 25.7 Å². The van der Waals surface area contributed by atoms with Crippen molar-refractivity contribution in [1.82, 2.24) is 10.2 Å². The fraction of sp³-hybridized carbons (Fsp3) is 0.941. The predicted octanol–water partition coefficient (Wildman–Crippen LogP) is 2.02. The van der Waals surface area contributed by atoms with E-state index in [-0.39, 0.29) is 31.2 Å². The Hall–Kier alpha value is -0.850. The van der Waals surface area contributed by atoms with Crippen molar-refractivity contribution in [3.63, 3.8) is 0 Å². The molecule has 1 saturated carbocycles. The molecule has 2 bridgehead atoms. The van der Waals surface area contributed by atoms with Crippen LogP contribution in [0.2, 0.25) is 0 Å². The van der Waals surface area contributed by atoms with E-state index in [9.17, 15) is 4.79 Å². The number of carbonyl (C=O) groups is 1. The molecule has 3 heterocycles. The lowest BCUT2D eigenvalue weighted by atomic mass is 9.96. The molecule has 1 N–H and O–H groups in total. The van der Waals surface area contributed by atoms with E-state index >= 15 is 0 Å². The summed E-state index contributed by atoms with van der Waals surface area (Å²) in [6.45, 7) is 1.73. The predicted molar refractivity (Wildman–Crippen MR) is 84.1 cm³/mol.